The van der Waals surface area contributed by atoms with Gasteiger partial charge >= 0.3 is 7.25 Å². The molecule has 0 aromatic carbocycles. The van der Waals surface area contributed by atoms with Gasteiger partial charge in [-0.3, -0.25) is 0 Å². The molecule has 0 fully saturated rings. The normalized spacial score (nSPS) is 12.0. The van der Waals surface area contributed by atoms with Crippen LogP contribution in [-0.2, 0) is 12.5 Å². The summed E-state index contributed by atoms with van der Waals surface area (Å²) in [5, 5.41) is 2.10. The van der Waals surface area contributed by atoms with E-state index in [4.69, 9.17) is 0 Å². The first kappa shape index (κ1) is 14.3. The van der Waals surface area contributed by atoms with Gasteiger partial charge in [0.2, 0.25) is 5.69 Å². The Hall–Kier alpha value is -0.655. The molecule has 0 amide bonds. The molecule has 1 aromatic rings. The molecule has 1 rings (SSSR count). The maximum atomic E-state index is 9.75. The van der Waals surface area contributed by atoms with E-state index in [1.165, 1.54) is 17.2 Å². The molecule has 15 heavy (non-hydrogen) atoms. The van der Waals surface area contributed by atoms with Crippen LogP contribution in [0.15, 0.2) is 5.38 Å². The van der Waals surface area contributed by atoms with Crippen molar-refractivity contribution in [1.29, 1.82) is 0 Å². The molecule has 0 aliphatic carbocycles. The summed E-state index contributed by atoms with van der Waals surface area (Å²) in [6.45, 7) is 6.57. The minimum Gasteiger partial charge on any atom is -0.418 e. The van der Waals surface area contributed by atoms with Crippen LogP contribution < -0.4 is 4.68 Å². The molecule has 0 atom stereocenters. The van der Waals surface area contributed by atoms with Gasteiger partial charge in [-0.2, -0.15) is 0 Å². The zero-order valence-corrected chi connectivity index (χ0v) is 9.79. The van der Waals surface area contributed by atoms with E-state index in [2.05, 4.69) is 30.6 Å². The van der Waals surface area contributed by atoms with Gasteiger partial charge in [0.25, 0.3) is 0 Å². The molecule has 0 spiro atoms. The topological polar surface area (TPSA) is 16.8 Å². The molecule has 0 radical (unpaired) electrons. The molecule has 1 heterocycles. The van der Waals surface area contributed by atoms with E-state index in [-0.39, 0.29) is 5.41 Å². The number of aryl methyl sites for hydroxylation is 1. The Bertz CT molecular complexity index is 299. The van der Waals surface area contributed by atoms with E-state index in [0.717, 1.165) is 0 Å². The molecule has 0 saturated heterocycles. The summed E-state index contributed by atoms with van der Waals surface area (Å²) in [5.41, 5.74) is 1.51. The Morgan fingerprint density at radius 3 is 1.80 bits per heavy atom. The van der Waals surface area contributed by atoms with Gasteiger partial charge in [0.05, 0.1) is 9.87 Å². The van der Waals surface area contributed by atoms with Gasteiger partial charge in [0.1, 0.15) is 0 Å². The molecule has 0 aliphatic rings. The van der Waals surface area contributed by atoms with Gasteiger partial charge in [0.15, 0.2) is 7.05 Å². The lowest BCUT2D eigenvalue weighted by Crippen LogP contribution is -2.39. The van der Waals surface area contributed by atoms with E-state index in [1.807, 2.05) is 11.7 Å². The van der Waals surface area contributed by atoms with Crippen LogP contribution in [0, 0.1) is 0 Å². The molecule has 0 unspecified atom stereocenters. The Morgan fingerprint density at radius 1 is 1.27 bits per heavy atom. The third-order valence-corrected chi connectivity index (χ3v) is 2.12. The van der Waals surface area contributed by atoms with Crippen LogP contribution in [0.4, 0.5) is 17.3 Å². The predicted molar refractivity (Wildman–Crippen MR) is 52.2 cm³/mol. The molecular weight excluding hydrogens is 231 g/mol. The molecule has 0 saturated carbocycles. The average Bonchev–Trinajstić information content (AvgIpc) is 2.28. The largest absolute Gasteiger partial charge is 0.673 e. The lowest BCUT2D eigenvalue weighted by atomic mass is 9.93. The highest BCUT2D eigenvalue weighted by molar-refractivity contribution is 7.03. The molecule has 0 bridgehead atoms. The quantitative estimate of drug-likeness (QED) is 0.389. The number of rotatable bonds is 0. The Labute approximate surface area is 90.2 Å². The third-order valence-electron chi connectivity index (χ3n) is 1.45. The Balaban J connectivity index is 0.000000336. The van der Waals surface area contributed by atoms with Crippen LogP contribution in [-0.4, -0.2) is 11.7 Å². The van der Waals surface area contributed by atoms with Crippen molar-refractivity contribution in [2.75, 3.05) is 0 Å². The summed E-state index contributed by atoms with van der Waals surface area (Å²) in [6, 6.07) is 0. The Kier molecular flexibility index (Phi) is 4.70. The Morgan fingerprint density at radius 2 is 1.67 bits per heavy atom. The van der Waals surface area contributed by atoms with E-state index < -0.39 is 7.25 Å². The maximum Gasteiger partial charge on any atom is 0.673 e. The second-order valence-corrected chi connectivity index (χ2v) is 4.57. The summed E-state index contributed by atoms with van der Waals surface area (Å²) in [5.74, 6) is 0. The fourth-order valence-electron chi connectivity index (χ4n) is 0.927. The molecular formula is C7H13BF4N2S. The standard InChI is InChI=1S/C7H13N2S.BF4/c1-7(2,3)6-5-10-8-9(6)4;2-1(3,4)5/h5H,1-4H3;/q+1;-1. The molecule has 88 valence electrons. The first-order valence-electron chi connectivity index (χ1n) is 4.20. The smallest absolute Gasteiger partial charge is 0.418 e. The first-order chi connectivity index (χ1) is 6.52. The van der Waals surface area contributed by atoms with Crippen molar-refractivity contribution in [3.8, 4) is 0 Å². The highest BCUT2D eigenvalue weighted by Crippen LogP contribution is 2.18. The van der Waals surface area contributed by atoms with E-state index in [9.17, 15) is 17.3 Å². The van der Waals surface area contributed by atoms with Crippen LogP contribution in [0.5, 0.6) is 0 Å². The van der Waals surface area contributed by atoms with Crippen LogP contribution in [0.1, 0.15) is 26.5 Å². The van der Waals surface area contributed by atoms with Crippen LogP contribution >= 0.6 is 11.5 Å². The van der Waals surface area contributed by atoms with Crippen molar-refractivity contribution in [2.45, 2.75) is 26.2 Å². The summed E-state index contributed by atoms with van der Waals surface area (Å²) in [6.07, 6.45) is 0. The van der Waals surface area contributed by atoms with Crippen molar-refractivity contribution < 1.29 is 21.9 Å². The fourth-order valence-corrected chi connectivity index (χ4v) is 1.81. The molecule has 0 N–H and O–H groups in total. The number of halogens is 4. The predicted octanol–water partition coefficient (Wildman–Crippen LogP) is 2.57. The van der Waals surface area contributed by atoms with Crippen molar-refractivity contribution in [3.05, 3.63) is 11.1 Å². The second kappa shape index (κ2) is 4.91. The minimum atomic E-state index is -6.00. The lowest BCUT2D eigenvalue weighted by Gasteiger charge is -2.09. The number of aromatic nitrogens is 2. The van der Waals surface area contributed by atoms with Gasteiger partial charge in [0, 0.05) is 16.9 Å². The number of hydrogen-bond acceptors (Lipinski definition) is 2. The van der Waals surface area contributed by atoms with E-state index >= 15 is 0 Å². The van der Waals surface area contributed by atoms with Crippen LogP contribution in [0.25, 0.3) is 0 Å². The van der Waals surface area contributed by atoms with Gasteiger partial charge in [-0.1, -0.05) is 25.5 Å². The fraction of sp³-hybridized carbons (Fsp3) is 0.714. The molecule has 2 nitrogen and oxygen atoms in total. The van der Waals surface area contributed by atoms with E-state index in [1.54, 1.807) is 0 Å². The van der Waals surface area contributed by atoms with Crippen LogP contribution in [0.3, 0.4) is 0 Å². The zero-order valence-electron chi connectivity index (χ0n) is 8.97. The minimum absolute atomic E-state index is 0.224. The SMILES string of the molecule is C[n+]1nscc1C(C)(C)C.F[B-](F)(F)F. The highest BCUT2D eigenvalue weighted by atomic mass is 32.1. The van der Waals surface area contributed by atoms with Gasteiger partial charge in [-0.05, 0) is 0 Å². The monoisotopic (exact) mass is 244 g/mol. The third kappa shape index (κ3) is 7.29. The summed E-state index contributed by atoms with van der Waals surface area (Å²) >= 11 is 1.51. The van der Waals surface area contributed by atoms with E-state index in [0.29, 0.717) is 0 Å². The second-order valence-electron chi connectivity index (χ2n) is 3.96. The summed E-state index contributed by atoms with van der Waals surface area (Å²) in [4.78, 5) is 0. The summed E-state index contributed by atoms with van der Waals surface area (Å²) < 4.78 is 45.1. The average molecular weight is 244 g/mol. The summed E-state index contributed by atoms with van der Waals surface area (Å²) in [7, 11) is -4.02. The van der Waals surface area contributed by atoms with Gasteiger partial charge in [-0.25, -0.2) is 0 Å². The van der Waals surface area contributed by atoms with Crippen LogP contribution in [0.2, 0.25) is 0 Å². The van der Waals surface area contributed by atoms with Crippen molar-refractivity contribution in [3.63, 3.8) is 0 Å². The van der Waals surface area contributed by atoms with Crippen molar-refractivity contribution in [2.24, 2.45) is 7.05 Å². The first-order valence-corrected chi connectivity index (χ1v) is 5.04. The zero-order chi connectivity index (χ0) is 12.3. The van der Waals surface area contributed by atoms with Crippen molar-refractivity contribution in [1.82, 2.24) is 4.49 Å². The maximum absolute atomic E-state index is 9.75. The van der Waals surface area contributed by atoms with Gasteiger partial charge in [-0.15, -0.1) is 0 Å². The number of hydrogen-bond donors (Lipinski definition) is 0. The molecule has 8 heteroatoms. The molecule has 1 aromatic heterocycles. The van der Waals surface area contributed by atoms with Gasteiger partial charge < -0.3 is 17.3 Å². The lowest BCUT2D eigenvalue weighted by molar-refractivity contribution is -0.732. The number of nitrogens with zero attached hydrogens (tertiary/aromatic N) is 2. The van der Waals surface area contributed by atoms with Crippen molar-refractivity contribution >= 4 is 18.8 Å². The highest BCUT2D eigenvalue weighted by Gasteiger charge is 2.25. The molecule has 0 aliphatic heterocycles.